The second-order valence-corrected chi connectivity index (χ2v) is 6.36. The fraction of sp³-hybridized carbons (Fsp3) is 0.182. The summed E-state index contributed by atoms with van der Waals surface area (Å²) in [7, 11) is -4.91. The Morgan fingerprint density at radius 3 is 2.56 bits per heavy atom. The SMILES string of the molecule is [N-]=[N+]=Nc1ccc(C(=O)ON2C(=O)CC(S(=O)(=O)O)C2=O)c([N+](=O)[O-])c1.[NaH]. The summed E-state index contributed by atoms with van der Waals surface area (Å²) >= 11 is 0. The average molecular weight is 409 g/mol. The monoisotopic (exact) mass is 409 g/mol. The van der Waals surface area contributed by atoms with E-state index in [9.17, 15) is 32.9 Å². The molecule has 1 aliphatic heterocycles. The van der Waals surface area contributed by atoms with Gasteiger partial charge in [-0.2, -0.15) is 8.42 Å². The van der Waals surface area contributed by atoms with Crippen LogP contribution in [0.1, 0.15) is 16.8 Å². The van der Waals surface area contributed by atoms with Crippen molar-refractivity contribution < 1.29 is 37.1 Å². The molecule has 2 amide bonds. The Hall–Kier alpha value is -2.55. The molecule has 14 nitrogen and oxygen atoms in total. The van der Waals surface area contributed by atoms with Gasteiger partial charge in [-0.3, -0.25) is 24.3 Å². The maximum atomic E-state index is 12.1. The number of nitro groups is 1. The number of hydrogen-bond acceptors (Lipinski definition) is 9. The Bertz CT molecular complexity index is 988. The van der Waals surface area contributed by atoms with Crippen molar-refractivity contribution in [2.75, 3.05) is 0 Å². The third-order valence-corrected chi connectivity index (χ3v) is 4.24. The summed E-state index contributed by atoms with van der Waals surface area (Å²) in [5.74, 6) is -4.26. The Balaban J connectivity index is 0.00000364. The number of azide groups is 1. The van der Waals surface area contributed by atoms with Crippen molar-refractivity contribution in [3.63, 3.8) is 0 Å². The van der Waals surface area contributed by atoms with Crippen molar-refractivity contribution in [3.05, 3.63) is 44.3 Å². The molecule has 1 fully saturated rings. The van der Waals surface area contributed by atoms with E-state index in [1.807, 2.05) is 0 Å². The second-order valence-electron chi connectivity index (χ2n) is 4.76. The Morgan fingerprint density at radius 2 is 2.07 bits per heavy atom. The number of nitro benzene ring substituents is 1. The third-order valence-electron chi connectivity index (χ3n) is 3.15. The number of nitrogens with zero attached hydrogens (tertiary/aromatic N) is 5. The molecule has 1 heterocycles. The summed E-state index contributed by atoms with van der Waals surface area (Å²) in [6.07, 6.45) is -0.955. The fourth-order valence-corrected chi connectivity index (χ4v) is 2.70. The molecule has 1 atom stereocenters. The average Bonchev–Trinajstić information content (AvgIpc) is 2.83. The van der Waals surface area contributed by atoms with E-state index in [-0.39, 0.29) is 40.3 Å². The van der Waals surface area contributed by atoms with E-state index in [0.29, 0.717) is 0 Å². The first-order valence-corrected chi connectivity index (χ1v) is 7.95. The zero-order chi connectivity index (χ0) is 19.6. The zero-order valence-corrected chi connectivity index (χ0v) is 13.2. The molecule has 1 aromatic rings. The summed E-state index contributed by atoms with van der Waals surface area (Å²) in [5, 5.41) is 11.8. The molecule has 16 heteroatoms. The van der Waals surface area contributed by atoms with Gasteiger partial charge in [0.2, 0.25) is 0 Å². The van der Waals surface area contributed by atoms with Gasteiger partial charge in [-0.25, -0.2) is 4.79 Å². The first kappa shape index (κ1) is 22.5. The van der Waals surface area contributed by atoms with Crippen molar-refractivity contribution in [2.45, 2.75) is 11.7 Å². The molecule has 138 valence electrons. The predicted octanol–water partition coefficient (Wildman–Crippen LogP) is -0.0248. The normalized spacial score (nSPS) is 16.3. The van der Waals surface area contributed by atoms with E-state index in [2.05, 4.69) is 14.9 Å². The Kier molecular flexibility index (Phi) is 7.02. The van der Waals surface area contributed by atoms with Crippen molar-refractivity contribution >= 4 is 68.8 Å². The number of benzene rings is 1. The van der Waals surface area contributed by atoms with Gasteiger partial charge in [0.1, 0.15) is 5.56 Å². The number of carbonyl (C=O) groups is 3. The number of rotatable bonds is 5. The molecule has 1 unspecified atom stereocenters. The molecule has 1 saturated heterocycles. The van der Waals surface area contributed by atoms with Crippen LogP contribution in [0.4, 0.5) is 11.4 Å². The Morgan fingerprint density at radius 1 is 1.44 bits per heavy atom. The molecular formula is C11H8N5NaO9S. The van der Waals surface area contributed by atoms with Crippen molar-refractivity contribution in [2.24, 2.45) is 5.11 Å². The van der Waals surface area contributed by atoms with Gasteiger partial charge in [-0.1, -0.05) is 11.2 Å². The first-order valence-electron chi connectivity index (χ1n) is 6.45. The van der Waals surface area contributed by atoms with Gasteiger partial charge >= 0.3 is 35.5 Å². The quantitative estimate of drug-likeness (QED) is 0.101. The summed E-state index contributed by atoms with van der Waals surface area (Å²) in [4.78, 5) is 52.4. The van der Waals surface area contributed by atoms with Crippen LogP contribution >= 0.6 is 0 Å². The van der Waals surface area contributed by atoms with E-state index in [1.54, 1.807) is 0 Å². The van der Waals surface area contributed by atoms with E-state index >= 15 is 0 Å². The molecule has 0 radical (unpaired) electrons. The van der Waals surface area contributed by atoms with Crippen LogP contribution in [0.5, 0.6) is 0 Å². The summed E-state index contributed by atoms with van der Waals surface area (Å²) in [6.45, 7) is 0. The van der Waals surface area contributed by atoms with Crippen LogP contribution in [0.15, 0.2) is 23.3 Å². The molecule has 1 aromatic carbocycles. The first-order chi connectivity index (χ1) is 12.1. The van der Waals surface area contributed by atoms with Crippen LogP contribution < -0.4 is 0 Å². The minimum atomic E-state index is -4.91. The van der Waals surface area contributed by atoms with Gasteiger partial charge in [-0.15, -0.1) is 5.06 Å². The number of hydrogen-bond donors (Lipinski definition) is 1. The zero-order valence-electron chi connectivity index (χ0n) is 12.4. The molecular weight excluding hydrogens is 401 g/mol. The minimum absolute atomic E-state index is 0. The number of carbonyl (C=O) groups excluding carboxylic acids is 3. The van der Waals surface area contributed by atoms with Gasteiger partial charge in [0.25, 0.3) is 27.6 Å². The van der Waals surface area contributed by atoms with Crippen LogP contribution in [-0.4, -0.2) is 75.5 Å². The summed E-state index contributed by atoms with van der Waals surface area (Å²) in [6, 6.07) is 2.65. The van der Waals surface area contributed by atoms with Crippen molar-refractivity contribution in [1.29, 1.82) is 0 Å². The number of amides is 2. The number of imide groups is 1. The van der Waals surface area contributed by atoms with Gasteiger partial charge in [-0.05, 0) is 11.6 Å². The molecule has 0 aliphatic carbocycles. The van der Waals surface area contributed by atoms with Crippen molar-refractivity contribution in [1.82, 2.24) is 5.06 Å². The van der Waals surface area contributed by atoms with E-state index in [0.717, 1.165) is 18.2 Å². The topological polar surface area (TPSA) is 210 Å². The fourth-order valence-electron chi connectivity index (χ4n) is 2.00. The second kappa shape index (κ2) is 8.43. The van der Waals surface area contributed by atoms with Crippen LogP contribution in [0.25, 0.3) is 10.4 Å². The number of hydroxylamine groups is 2. The van der Waals surface area contributed by atoms with Crippen LogP contribution in [0, 0.1) is 10.1 Å². The molecule has 1 N–H and O–H groups in total. The molecule has 1 aliphatic rings. The molecule has 0 spiro atoms. The third kappa shape index (κ3) is 4.79. The summed E-state index contributed by atoms with van der Waals surface area (Å²) < 4.78 is 30.9. The summed E-state index contributed by atoms with van der Waals surface area (Å²) in [5.41, 5.74) is 6.59. The molecule has 0 aromatic heterocycles. The standard InChI is InChI=1S/C11H7N5O9S.Na.H/c12-14-13-5-1-2-6(7(3-5)16(20)21)11(19)25-15-9(17)4-8(10(15)18)26(22,23)24;;/h1-3,8H,4H2,(H,22,23,24);;. The van der Waals surface area contributed by atoms with Crippen molar-refractivity contribution in [3.8, 4) is 0 Å². The van der Waals surface area contributed by atoms with Gasteiger partial charge in [0, 0.05) is 16.7 Å². The maximum absolute atomic E-state index is 12.1. The molecule has 0 bridgehead atoms. The van der Waals surface area contributed by atoms with Crippen LogP contribution in [-0.2, 0) is 24.5 Å². The Labute approximate surface area is 171 Å². The molecule has 2 rings (SSSR count). The van der Waals surface area contributed by atoms with Crippen LogP contribution in [0.2, 0.25) is 0 Å². The van der Waals surface area contributed by atoms with Gasteiger partial charge < -0.3 is 4.84 Å². The van der Waals surface area contributed by atoms with E-state index in [1.165, 1.54) is 0 Å². The molecule has 27 heavy (non-hydrogen) atoms. The van der Waals surface area contributed by atoms with Gasteiger partial charge in [0.05, 0.1) is 11.3 Å². The predicted molar refractivity (Wildman–Crippen MR) is 86.3 cm³/mol. The van der Waals surface area contributed by atoms with Gasteiger partial charge in [0.15, 0.2) is 5.25 Å². The molecule has 0 saturated carbocycles. The van der Waals surface area contributed by atoms with E-state index < -0.39 is 55.7 Å². The van der Waals surface area contributed by atoms with E-state index in [4.69, 9.17) is 10.1 Å². The van der Waals surface area contributed by atoms with Crippen LogP contribution in [0.3, 0.4) is 0 Å².